The van der Waals surface area contributed by atoms with E-state index in [0.717, 1.165) is 11.1 Å². The average Bonchev–Trinajstić information content (AvgIpc) is 2.62. The van der Waals surface area contributed by atoms with Crippen molar-refractivity contribution in [3.63, 3.8) is 0 Å². The molecule has 0 fully saturated rings. The lowest BCUT2D eigenvalue weighted by Crippen LogP contribution is -2.07. The highest BCUT2D eigenvalue weighted by Gasteiger charge is 2.21. The predicted octanol–water partition coefficient (Wildman–Crippen LogP) is 4.49. The molecule has 6 heteroatoms. The minimum atomic E-state index is -3.57. The maximum absolute atomic E-state index is 12.9. The van der Waals surface area contributed by atoms with Crippen LogP contribution in [0.5, 0.6) is 5.75 Å². The SMILES string of the molecule is COc1ccc(Br)cc1S(=O)(=O)Cc1cncc(-c2ccccc2)c1. The van der Waals surface area contributed by atoms with E-state index in [1.807, 2.05) is 36.4 Å². The van der Waals surface area contributed by atoms with E-state index in [0.29, 0.717) is 15.8 Å². The second kappa shape index (κ2) is 7.37. The molecular formula is C19H16BrNO3S. The zero-order valence-electron chi connectivity index (χ0n) is 13.5. The Morgan fingerprint density at radius 2 is 1.76 bits per heavy atom. The van der Waals surface area contributed by atoms with Crippen LogP contribution in [-0.2, 0) is 15.6 Å². The Morgan fingerprint density at radius 3 is 2.48 bits per heavy atom. The lowest BCUT2D eigenvalue weighted by molar-refractivity contribution is 0.402. The van der Waals surface area contributed by atoms with Gasteiger partial charge in [-0.1, -0.05) is 46.3 Å². The molecule has 0 amide bonds. The van der Waals surface area contributed by atoms with Gasteiger partial charge in [0.1, 0.15) is 10.6 Å². The van der Waals surface area contributed by atoms with Crippen molar-refractivity contribution in [3.8, 4) is 16.9 Å². The van der Waals surface area contributed by atoms with Crippen molar-refractivity contribution in [1.29, 1.82) is 0 Å². The first-order chi connectivity index (χ1) is 12.0. The summed E-state index contributed by atoms with van der Waals surface area (Å²) in [5, 5.41) is 0. The van der Waals surface area contributed by atoms with E-state index >= 15 is 0 Å². The lowest BCUT2D eigenvalue weighted by Gasteiger charge is -2.11. The van der Waals surface area contributed by atoms with Crippen molar-refractivity contribution in [1.82, 2.24) is 4.98 Å². The van der Waals surface area contributed by atoms with Crippen LogP contribution in [0.1, 0.15) is 5.56 Å². The number of hydrogen-bond donors (Lipinski definition) is 0. The number of sulfone groups is 1. The smallest absolute Gasteiger partial charge is 0.186 e. The normalized spacial score (nSPS) is 11.3. The Labute approximate surface area is 155 Å². The maximum atomic E-state index is 12.9. The molecule has 0 saturated carbocycles. The number of hydrogen-bond acceptors (Lipinski definition) is 4. The fourth-order valence-electron chi connectivity index (χ4n) is 2.55. The van der Waals surface area contributed by atoms with Crippen LogP contribution in [0.4, 0.5) is 0 Å². The Bertz CT molecular complexity index is 989. The van der Waals surface area contributed by atoms with Crippen LogP contribution in [0.3, 0.4) is 0 Å². The minimum Gasteiger partial charge on any atom is -0.495 e. The number of pyridine rings is 1. The Kier molecular flexibility index (Phi) is 5.20. The lowest BCUT2D eigenvalue weighted by atomic mass is 10.1. The summed E-state index contributed by atoms with van der Waals surface area (Å²) in [6, 6.07) is 16.5. The highest BCUT2D eigenvalue weighted by molar-refractivity contribution is 9.10. The third-order valence-corrected chi connectivity index (χ3v) is 5.92. The van der Waals surface area contributed by atoms with E-state index in [2.05, 4.69) is 20.9 Å². The summed E-state index contributed by atoms with van der Waals surface area (Å²) < 4.78 is 31.6. The van der Waals surface area contributed by atoms with Gasteiger partial charge in [0.15, 0.2) is 9.84 Å². The summed E-state index contributed by atoms with van der Waals surface area (Å²) in [7, 11) is -2.11. The molecular weight excluding hydrogens is 402 g/mol. The van der Waals surface area contributed by atoms with E-state index < -0.39 is 9.84 Å². The van der Waals surface area contributed by atoms with Crippen molar-refractivity contribution in [3.05, 3.63) is 77.0 Å². The molecule has 0 aliphatic carbocycles. The first-order valence-corrected chi connectivity index (χ1v) is 10.00. The summed E-state index contributed by atoms with van der Waals surface area (Å²) in [6.45, 7) is 0. The molecule has 4 nitrogen and oxygen atoms in total. The van der Waals surface area contributed by atoms with Gasteiger partial charge >= 0.3 is 0 Å². The summed E-state index contributed by atoms with van der Waals surface area (Å²) in [6.07, 6.45) is 3.31. The summed E-state index contributed by atoms with van der Waals surface area (Å²) in [5.41, 5.74) is 2.51. The molecule has 0 spiro atoms. The summed E-state index contributed by atoms with van der Waals surface area (Å²) >= 11 is 3.31. The fourth-order valence-corrected chi connectivity index (χ4v) is 4.57. The first-order valence-electron chi connectivity index (χ1n) is 7.55. The molecule has 0 aliphatic rings. The van der Waals surface area contributed by atoms with Crippen LogP contribution >= 0.6 is 15.9 Å². The van der Waals surface area contributed by atoms with Gasteiger partial charge < -0.3 is 4.74 Å². The molecule has 25 heavy (non-hydrogen) atoms. The van der Waals surface area contributed by atoms with E-state index in [4.69, 9.17) is 4.74 Å². The van der Waals surface area contributed by atoms with Crippen LogP contribution in [0.2, 0.25) is 0 Å². The third-order valence-electron chi connectivity index (χ3n) is 3.72. The zero-order valence-corrected chi connectivity index (χ0v) is 15.9. The van der Waals surface area contributed by atoms with E-state index in [1.54, 1.807) is 30.6 Å². The summed E-state index contributed by atoms with van der Waals surface area (Å²) in [5.74, 6) is 0.184. The van der Waals surface area contributed by atoms with Crippen molar-refractivity contribution in [2.75, 3.05) is 7.11 Å². The van der Waals surface area contributed by atoms with Gasteiger partial charge in [-0.15, -0.1) is 0 Å². The molecule has 0 radical (unpaired) electrons. The number of rotatable bonds is 5. The van der Waals surface area contributed by atoms with Crippen LogP contribution in [-0.4, -0.2) is 20.5 Å². The van der Waals surface area contributed by atoms with Gasteiger partial charge in [0, 0.05) is 22.4 Å². The average molecular weight is 418 g/mol. The van der Waals surface area contributed by atoms with Crippen LogP contribution in [0.15, 0.2) is 76.4 Å². The second-order valence-corrected chi connectivity index (χ2v) is 8.38. The molecule has 0 aliphatic heterocycles. The molecule has 0 bridgehead atoms. The number of ether oxygens (including phenoxy) is 1. The molecule has 1 aromatic heterocycles. The molecule has 0 saturated heterocycles. The van der Waals surface area contributed by atoms with Crippen LogP contribution < -0.4 is 4.74 Å². The number of aromatic nitrogens is 1. The van der Waals surface area contributed by atoms with Gasteiger partial charge in [0.05, 0.1) is 12.9 Å². The Hall–Kier alpha value is -2.18. The number of halogens is 1. The minimum absolute atomic E-state index is 0.145. The van der Waals surface area contributed by atoms with E-state index in [1.165, 1.54) is 7.11 Å². The largest absolute Gasteiger partial charge is 0.495 e. The maximum Gasteiger partial charge on any atom is 0.186 e. The molecule has 0 atom stereocenters. The van der Waals surface area contributed by atoms with Gasteiger partial charge in [-0.3, -0.25) is 4.98 Å². The number of nitrogens with zero attached hydrogens (tertiary/aromatic N) is 1. The highest BCUT2D eigenvalue weighted by atomic mass is 79.9. The van der Waals surface area contributed by atoms with Crippen molar-refractivity contribution in [2.45, 2.75) is 10.6 Å². The first kappa shape index (κ1) is 17.6. The van der Waals surface area contributed by atoms with Crippen LogP contribution in [0, 0.1) is 0 Å². The molecule has 3 rings (SSSR count). The van der Waals surface area contributed by atoms with Gasteiger partial charge in [-0.25, -0.2) is 8.42 Å². The topological polar surface area (TPSA) is 56.3 Å². The van der Waals surface area contributed by atoms with E-state index in [9.17, 15) is 8.42 Å². The van der Waals surface area contributed by atoms with Crippen molar-refractivity contribution < 1.29 is 13.2 Å². The molecule has 128 valence electrons. The number of benzene rings is 2. The van der Waals surface area contributed by atoms with Gasteiger partial charge in [0.2, 0.25) is 0 Å². The van der Waals surface area contributed by atoms with Crippen molar-refractivity contribution in [2.24, 2.45) is 0 Å². The fraction of sp³-hybridized carbons (Fsp3) is 0.105. The molecule has 0 N–H and O–H groups in total. The Morgan fingerprint density at radius 1 is 1.00 bits per heavy atom. The second-order valence-electron chi connectivity index (χ2n) is 5.50. The number of methoxy groups -OCH3 is 1. The quantitative estimate of drug-likeness (QED) is 0.613. The highest BCUT2D eigenvalue weighted by Crippen LogP contribution is 2.30. The van der Waals surface area contributed by atoms with Crippen molar-refractivity contribution >= 4 is 25.8 Å². The zero-order chi connectivity index (χ0) is 17.9. The monoisotopic (exact) mass is 417 g/mol. The Balaban J connectivity index is 1.96. The molecule has 3 aromatic rings. The standard InChI is InChI=1S/C19H16BrNO3S/c1-24-18-8-7-17(20)10-19(18)25(22,23)13-14-9-16(12-21-11-14)15-5-3-2-4-6-15/h2-12H,13H2,1H3. The summed E-state index contributed by atoms with van der Waals surface area (Å²) in [4.78, 5) is 4.36. The third kappa shape index (κ3) is 4.08. The molecule has 1 heterocycles. The molecule has 2 aromatic carbocycles. The van der Waals surface area contributed by atoms with E-state index in [-0.39, 0.29) is 10.6 Å². The predicted molar refractivity (Wildman–Crippen MR) is 101 cm³/mol. The molecule has 0 unspecified atom stereocenters. The van der Waals surface area contributed by atoms with Gasteiger partial charge in [0.25, 0.3) is 0 Å². The van der Waals surface area contributed by atoms with Gasteiger partial charge in [-0.2, -0.15) is 0 Å². The van der Waals surface area contributed by atoms with Crippen LogP contribution in [0.25, 0.3) is 11.1 Å². The van der Waals surface area contributed by atoms with Gasteiger partial charge in [-0.05, 0) is 35.4 Å².